The lowest BCUT2D eigenvalue weighted by atomic mass is 10.1. The highest BCUT2D eigenvalue weighted by Gasteiger charge is 2.20. The number of hydrogen-bond donors (Lipinski definition) is 0. The first kappa shape index (κ1) is 73.8. The Morgan fingerprint density at radius 3 is 0.667 bits per heavy atom. The summed E-state index contributed by atoms with van der Waals surface area (Å²) in [6.07, 6.45) is 7.04. The first-order chi connectivity index (χ1) is 37.0. The Labute approximate surface area is 455 Å². The van der Waals surface area contributed by atoms with Gasteiger partial charge in [0.15, 0.2) is 0 Å². The molecule has 0 spiro atoms. The molecule has 0 saturated carbocycles. The normalized spacial score (nSPS) is 14.3. The van der Waals surface area contributed by atoms with Crippen LogP contribution in [0.4, 0.5) is 0 Å². The van der Waals surface area contributed by atoms with Crippen LogP contribution in [-0.4, -0.2) is 231 Å². The predicted molar refractivity (Wildman–Crippen MR) is 290 cm³/mol. The zero-order chi connectivity index (χ0) is 54.6. The lowest BCUT2D eigenvalue weighted by Crippen LogP contribution is -2.30. The minimum atomic E-state index is -0.0776. The Hall–Kier alpha value is -1.18. The van der Waals surface area contributed by atoms with E-state index in [2.05, 4.69) is 55.0 Å². The topological polar surface area (TPSA) is 175 Å². The standard InChI is InChI=1S/C56H112O19/c1-9-16-57-22-28-63-34-51(8)35-69-41-52(36-64-29-23-58-17-10-2)42-70-43-53(37-65-30-24-59-18-11-3)44-71-45-54(38-66-31-25-60-19-12-4)46-72-47-55(39-67-32-26-61-20-13-5)48-73-49-56(50-75-74-15-7)40-68-33-27-62-21-14-6/h15,51-56H,7,9-14,16-50H2,1-6,8H3. The lowest BCUT2D eigenvalue weighted by molar-refractivity contribution is -0.261. The van der Waals surface area contributed by atoms with Crippen molar-refractivity contribution in [3.8, 4) is 0 Å². The fraction of sp³-hybridized carbons (Fsp3) is 0.964. The van der Waals surface area contributed by atoms with E-state index in [0.717, 1.165) is 51.7 Å². The molecule has 0 aromatic heterocycles. The van der Waals surface area contributed by atoms with Crippen LogP contribution in [0.3, 0.4) is 0 Å². The Morgan fingerprint density at radius 2 is 0.427 bits per heavy atom. The fourth-order valence-electron chi connectivity index (χ4n) is 6.71. The van der Waals surface area contributed by atoms with Crippen LogP contribution in [0.5, 0.6) is 0 Å². The summed E-state index contributed by atoms with van der Waals surface area (Å²) in [5.41, 5.74) is 0. The van der Waals surface area contributed by atoms with Gasteiger partial charge in [-0.25, -0.2) is 0 Å². The molecule has 0 rings (SSSR count). The Bertz CT molecular complexity index is 1090. The summed E-state index contributed by atoms with van der Waals surface area (Å²) in [6.45, 7) is 36.3. The van der Waals surface area contributed by atoms with Gasteiger partial charge < -0.3 is 85.4 Å². The maximum absolute atomic E-state index is 6.45. The molecule has 19 nitrogen and oxygen atoms in total. The highest BCUT2D eigenvalue weighted by Crippen LogP contribution is 2.12. The van der Waals surface area contributed by atoms with Crippen LogP contribution < -0.4 is 0 Å². The molecule has 0 saturated heterocycles. The van der Waals surface area contributed by atoms with Crippen LogP contribution in [0.2, 0.25) is 0 Å². The van der Waals surface area contributed by atoms with E-state index in [1.54, 1.807) is 0 Å². The largest absolute Gasteiger partial charge is 0.381 e. The molecule has 0 aliphatic carbocycles. The Balaban J connectivity index is 5.73. The van der Waals surface area contributed by atoms with Crippen LogP contribution in [0.1, 0.15) is 87.0 Å². The molecule has 0 amide bonds. The van der Waals surface area contributed by atoms with Crippen molar-refractivity contribution in [2.24, 2.45) is 35.5 Å². The second-order valence-corrected chi connectivity index (χ2v) is 18.8. The van der Waals surface area contributed by atoms with Crippen molar-refractivity contribution in [2.45, 2.75) is 87.0 Å². The predicted octanol–water partition coefficient (Wildman–Crippen LogP) is 7.54. The van der Waals surface area contributed by atoms with Crippen molar-refractivity contribution in [3.63, 3.8) is 0 Å². The van der Waals surface area contributed by atoms with Gasteiger partial charge in [-0.2, -0.15) is 4.89 Å². The van der Waals surface area contributed by atoms with Crippen LogP contribution >= 0.6 is 0 Å². The van der Waals surface area contributed by atoms with Crippen molar-refractivity contribution < 1.29 is 90.3 Å². The van der Waals surface area contributed by atoms with Crippen molar-refractivity contribution in [1.82, 2.24) is 0 Å². The Morgan fingerprint density at radius 1 is 0.240 bits per heavy atom. The van der Waals surface area contributed by atoms with Crippen LogP contribution in [0, 0.1) is 35.5 Å². The highest BCUT2D eigenvalue weighted by atomic mass is 17.2. The molecule has 0 aromatic carbocycles. The van der Waals surface area contributed by atoms with E-state index in [9.17, 15) is 0 Å². The van der Waals surface area contributed by atoms with Gasteiger partial charge in [-0.1, -0.05) is 55.0 Å². The molecule has 19 heteroatoms. The van der Waals surface area contributed by atoms with E-state index in [1.165, 1.54) is 6.26 Å². The molecule has 0 heterocycles. The van der Waals surface area contributed by atoms with Crippen LogP contribution in [0.25, 0.3) is 0 Å². The minimum Gasteiger partial charge on any atom is -0.381 e. The van der Waals surface area contributed by atoms with Gasteiger partial charge in [0.25, 0.3) is 0 Å². The van der Waals surface area contributed by atoms with E-state index >= 15 is 0 Å². The molecule has 0 fully saturated rings. The van der Waals surface area contributed by atoms with Crippen molar-refractivity contribution in [1.29, 1.82) is 0 Å². The monoisotopic (exact) mass is 1090 g/mol. The van der Waals surface area contributed by atoms with E-state index in [0.29, 0.717) is 211 Å². The number of rotatable bonds is 66. The van der Waals surface area contributed by atoms with Gasteiger partial charge in [-0.15, -0.1) is 0 Å². The molecule has 0 N–H and O–H groups in total. The van der Waals surface area contributed by atoms with E-state index in [-0.39, 0.29) is 42.1 Å². The molecule has 0 radical (unpaired) electrons. The van der Waals surface area contributed by atoms with Gasteiger partial charge in [-0.3, -0.25) is 0 Å². The summed E-state index contributed by atoms with van der Waals surface area (Å²) in [5.74, 6) is 0.0290. The van der Waals surface area contributed by atoms with Crippen molar-refractivity contribution in [3.05, 3.63) is 12.8 Å². The molecule has 6 atom stereocenters. The maximum atomic E-state index is 6.45. The van der Waals surface area contributed by atoms with Crippen LogP contribution in [0.15, 0.2) is 12.8 Å². The zero-order valence-corrected chi connectivity index (χ0v) is 48.5. The van der Waals surface area contributed by atoms with E-state index < -0.39 is 0 Å². The van der Waals surface area contributed by atoms with Crippen molar-refractivity contribution >= 4 is 0 Å². The zero-order valence-electron chi connectivity index (χ0n) is 48.5. The molecule has 75 heavy (non-hydrogen) atoms. The average Bonchev–Trinajstić information content (AvgIpc) is 3.41. The maximum Gasteiger partial charge on any atom is 0.122 e. The molecule has 0 aromatic rings. The molecule has 0 bridgehead atoms. The molecular formula is C56H112O19. The van der Waals surface area contributed by atoms with Gasteiger partial charge in [0, 0.05) is 75.1 Å². The third kappa shape index (κ3) is 54.6. The van der Waals surface area contributed by atoms with Gasteiger partial charge in [0.2, 0.25) is 0 Å². The summed E-state index contributed by atoms with van der Waals surface area (Å²) < 4.78 is 101. The summed E-state index contributed by atoms with van der Waals surface area (Å²) in [7, 11) is 0. The van der Waals surface area contributed by atoms with E-state index in [4.69, 9.17) is 90.3 Å². The number of hydrogen-bond acceptors (Lipinski definition) is 19. The SMILES string of the molecule is C=COOCC(COCCOCCC)COCC(COCCOCCC)COCC(COCCOCCC)COCC(COCCOCCC)COCC(COCCOCCC)COCC(C)COCCOCCC. The molecular weight excluding hydrogens is 977 g/mol. The van der Waals surface area contributed by atoms with Gasteiger partial charge in [0.1, 0.15) is 12.9 Å². The summed E-state index contributed by atoms with van der Waals surface area (Å²) in [6, 6.07) is 0. The van der Waals surface area contributed by atoms with E-state index in [1.807, 2.05) is 0 Å². The summed E-state index contributed by atoms with van der Waals surface area (Å²) >= 11 is 0. The summed E-state index contributed by atoms with van der Waals surface area (Å²) in [5, 5.41) is 0. The highest BCUT2D eigenvalue weighted by molar-refractivity contribution is 4.65. The lowest BCUT2D eigenvalue weighted by Gasteiger charge is -2.24. The van der Waals surface area contributed by atoms with Gasteiger partial charge in [0.05, 0.1) is 185 Å². The van der Waals surface area contributed by atoms with Gasteiger partial charge >= 0.3 is 0 Å². The third-order valence-electron chi connectivity index (χ3n) is 10.5. The third-order valence-corrected chi connectivity index (χ3v) is 10.5. The number of ether oxygens (including phenoxy) is 17. The second-order valence-electron chi connectivity index (χ2n) is 18.8. The average molecular weight is 1090 g/mol. The first-order valence-corrected chi connectivity index (χ1v) is 28.7. The van der Waals surface area contributed by atoms with Crippen LogP contribution in [-0.2, 0) is 90.3 Å². The van der Waals surface area contributed by atoms with Gasteiger partial charge in [-0.05, 0) is 38.5 Å². The summed E-state index contributed by atoms with van der Waals surface area (Å²) in [4.78, 5) is 10.2. The molecule has 450 valence electrons. The molecule has 0 aliphatic rings. The Kier molecular flexibility index (Phi) is 61.0. The van der Waals surface area contributed by atoms with Crippen molar-refractivity contribution in [2.75, 3.05) is 231 Å². The fourth-order valence-corrected chi connectivity index (χ4v) is 6.71. The second kappa shape index (κ2) is 62.0. The molecule has 0 aliphatic heterocycles. The minimum absolute atomic E-state index is 0.0210. The molecule has 6 unspecified atom stereocenters. The quantitative estimate of drug-likeness (QED) is 0.0253. The first-order valence-electron chi connectivity index (χ1n) is 28.7. The smallest absolute Gasteiger partial charge is 0.122 e.